The van der Waals surface area contributed by atoms with E-state index < -0.39 is 0 Å². The smallest absolute Gasteiger partial charge is 0.143 e. The minimum atomic E-state index is 0.534. The van der Waals surface area contributed by atoms with Gasteiger partial charge in [0.15, 0.2) is 0 Å². The van der Waals surface area contributed by atoms with Gasteiger partial charge < -0.3 is 11.1 Å². The molecule has 0 amide bonds. The third kappa shape index (κ3) is 1.79. The summed E-state index contributed by atoms with van der Waals surface area (Å²) in [6.45, 7) is 2.05. The molecule has 1 aliphatic rings. The fraction of sp³-hybridized carbons (Fsp3) is 0.0833. The number of nitrogens with zero attached hydrogens (tertiary/aromatic N) is 1. The second-order valence-corrected chi connectivity index (χ2v) is 5.58. The highest BCUT2D eigenvalue weighted by Crippen LogP contribution is 2.38. The maximum absolute atomic E-state index is 6.00. The second kappa shape index (κ2) is 3.75. The summed E-state index contributed by atoms with van der Waals surface area (Å²) in [4.78, 5) is 6.60. The normalized spacial score (nSPS) is 13.2. The molecule has 3 rings (SSSR count). The summed E-state index contributed by atoms with van der Waals surface area (Å²) < 4.78 is 0. The predicted molar refractivity (Wildman–Crippen MR) is 74.2 cm³/mol. The van der Waals surface area contributed by atoms with E-state index in [1.807, 2.05) is 12.1 Å². The van der Waals surface area contributed by atoms with E-state index in [2.05, 4.69) is 23.3 Å². The Kier molecular flexibility index (Phi) is 2.34. The van der Waals surface area contributed by atoms with Crippen LogP contribution >= 0.6 is 22.9 Å². The number of rotatable bonds is 0. The van der Waals surface area contributed by atoms with Crippen LogP contribution in [-0.4, -0.2) is 5.84 Å². The van der Waals surface area contributed by atoms with E-state index in [9.17, 15) is 0 Å². The molecule has 2 heterocycles. The quantitative estimate of drug-likeness (QED) is 0.759. The highest BCUT2D eigenvalue weighted by Gasteiger charge is 2.16. The number of anilines is 2. The van der Waals surface area contributed by atoms with Crippen molar-refractivity contribution in [3.8, 4) is 0 Å². The molecule has 0 saturated carbocycles. The molecule has 0 fully saturated rings. The van der Waals surface area contributed by atoms with Crippen molar-refractivity contribution in [3.63, 3.8) is 0 Å². The molecule has 2 aromatic rings. The van der Waals surface area contributed by atoms with Crippen molar-refractivity contribution in [2.45, 2.75) is 6.92 Å². The molecule has 1 aromatic heterocycles. The number of nitrogens with one attached hydrogen (secondary N) is 1. The van der Waals surface area contributed by atoms with Gasteiger partial charge in [0.1, 0.15) is 5.84 Å². The van der Waals surface area contributed by atoms with Gasteiger partial charge in [-0.2, -0.15) is 0 Å². The average molecular weight is 264 g/mol. The molecule has 5 heteroatoms. The zero-order valence-corrected chi connectivity index (χ0v) is 10.7. The molecular weight excluding hydrogens is 254 g/mol. The lowest BCUT2D eigenvalue weighted by molar-refractivity contribution is 1.48. The van der Waals surface area contributed by atoms with Crippen molar-refractivity contribution in [2.75, 3.05) is 5.32 Å². The minimum absolute atomic E-state index is 0.534. The number of aryl methyl sites for hydroxylation is 1. The van der Waals surface area contributed by atoms with Crippen molar-refractivity contribution in [3.05, 3.63) is 39.0 Å². The Hall–Kier alpha value is -1.52. The van der Waals surface area contributed by atoms with Crippen molar-refractivity contribution in [2.24, 2.45) is 10.7 Å². The van der Waals surface area contributed by atoms with Crippen molar-refractivity contribution in [1.29, 1.82) is 0 Å². The van der Waals surface area contributed by atoms with E-state index in [-0.39, 0.29) is 0 Å². The summed E-state index contributed by atoms with van der Waals surface area (Å²) in [6.07, 6.45) is 0. The Morgan fingerprint density at radius 1 is 1.29 bits per heavy atom. The van der Waals surface area contributed by atoms with E-state index in [1.54, 1.807) is 17.4 Å². The number of nitrogens with two attached hydrogens (primary N) is 1. The molecule has 0 atom stereocenters. The molecular formula is C12H10ClN3S. The standard InChI is InChI=1S/C12H10ClN3S/c1-6-4-10-11(17-6)12(14)16-9-5-7(13)2-3-8(9)15-10/h2-5,15H,1H3,(H2,14,16). The molecule has 0 aliphatic carbocycles. The Morgan fingerprint density at radius 3 is 2.94 bits per heavy atom. The van der Waals surface area contributed by atoms with Gasteiger partial charge in [-0.15, -0.1) is 11.3 Å². The van der Waals surface area contributed by atoms with E-state index in [4.69, 9.17) is 17.3 Å². The summed E-state index contributed by atoms with van der Waals surface area (Å²) in [7, 11) is 0. The molecule has 0 bridgehead atoms. The Labute approximate surface area is 108 Å². The van der Waals surface area contributed by atoms with Crippen LogP contribution in [0.5, 0.6) is 0 Å². The molecule has 17 heavy (non-hydrogen) atoms. The lowest BCUT2D eigenvalue weighted by Crippen LogP contribution is -2.10. The summed E-state index contributed by atoms with van der Waals surface area (Å²) in [5, 5.41) is 3.99. The first kappa shape index (κ1) is 10.6. The fourth-order valence-electron chi connectivity index (χ4n) is 1.83. The van der Waals surface area contributed by atoms with Gasteiger partial charge in [-0.1, -0.05) is 11.6 Å². The third-order valence-corrected chi connectivity index (χ3v) is 3.87. The zero-order chi connectivity index (χ0) is 12.0. The number of hydrogen-bond donors (Lipinski definition) is 2. The highest BCUT2D eigenvalue weighted by molar-refractivity contribution is 7.14. The molecule has 0 radical (unpaired) electrons. The van der Waals surface area contributed by atoms with Gasteiger partial charge in [0.25, 0.3) is 0 Å². The lowest BCUT2D eigenvalue weighted by Gasteiger charge is -2.05. The summed E-state index contributed by atoms with van der Waals surface area (Å²) in [6, 6.07) is 7.63. The van der Waals surface area contributed by atoms with Crippen LogP contribution in [-0.2, 0) is 0 Å². The van der Waals surface area contributed by atoms with Crippen LogP contribution in [0.15, 0.2) is 29.3 Å². The van der Waals surface area contributed by atoms with E-state index >= 15 is 0 Å². The van der Waals surface area contributed by atoms with Gasteiger partial charge in [-0.3, -0.25) is 0 Å². The minimum Gasteiger partial charge on any atom is -0.382 e. The van der Waals surface area contributed by atoms with E-state index in [0.717, 1.165) is 21.9 Å². The molecule has 0 saturated heterocycles. The van der Waals surface area contributed by atoms with Gasteiger partial charge in [-0.25, -0.2) is 4.99 Å². The first-order valence-electron chi connectivity index (χ1n) is 5.15. The number of amidine groups is 1. The average Bonchev–Trinajstić information content (AvgIpc) is 2.58. The van der Waals surface area contributed by atoms with Gasteiger partial charge in [0.05, 0.1) is 21.9 Å². The number of fused-ring (bicyclic) bond motifs is 2. The van der Waals surface area contributed by atoms with Crippen molar-refractivity contribution in [1.82, 2.24) is 0 Å². The van der Waals surface area contributed by atoms with Gasteiger partial charge in [-0.05, 0) is 31.2 Å². The third-order valence-electron chi connectivity index (χ3n) is 2.56. The Balaban J connectivity index is 2.22. The van der Waals surface area contributed by atoms with Crippen molar-refractivity contribution < 1.29 is 0 Å². The molecule has 86 valence electrons. The molecule has 1 aliphatic heterocycles. The monoisotopic (exact) mass is 263 g/mol. The van der Waals surface area contributed by atoms with Crippen LogP contribution in [0.2, 0.25) is 5.02 Å². The molecule has 1 aromatic carbocycles. The zero-order valence-electron chi connectivity index (χ0n) is 9.12. The Morgan fingerprint density at radius 2 is 2.12 bits per heavy atom. The Bertz CT molecular complexity index is 631. The predicted octanol–water partition coefficient (Wildman–Crippen LogP) is 3.80. The first-order valence-corrected chi connectivity index (χ1v) is 6.34. The number of benzene rings is 1. The van der Waals surface area contributed by atoms with Crippen LogP contribution in [0.25, 0.3) is 0 Å². The van der Waals surface area contributed by atoms with Crippen LogP contribution in [0.3, 0.4) is 0 Å². The fourth-order valence-corrected chi connectivity index (χ4v) is 2.86. The summed E-state index contributed by atoms with van der Waals surface area (Å²) in [5.41, 5.74) is 8.71. The number of thiophene rings is 1. The molecule has 0 unspecified atom stereocenters. The van der Waals surface area contributed by atoms with E-state index in [0.29, 0.717) is 10.9 Å². The largest absolute Gasteiger partial charge is 0.382 e. The topological polar surface area (TPSA) is 50.4 Å². The summed E-state index contributed by atoms with van der Waals surface area (Å²) in [5.74, 6) is 0.534. The number of aliphatic imine (C=N–C) groups is 1. The van der Waals surface area contributed by atoms with Gasteiger partial charge >= 0.3 is 0 Å². The number of halogens is 1. The van der Waals surface area contributed by atoms with Crippen LogP contribution in [0.1, 0.15) is 9.75 Å². The lowest BCUT2D eigenvalue weighted by atomic mass is 10.2. The maximum atomic E-state index is 6.00. The second-order valence-electron chi connectivity index (χ2n) is 3.88. The summed E-state index contributed by atoms with van der Waals surface area (Å²) >= 11 is 7.59. The molecule has 3 N–H and O–H groups in total. The number of hydrogen-bond acceptors (Lipinski definition) is 4. The highest BCUT2D eigenvalue weighted by atomic mass is 35.5. The maximum Gasteiger partial charge on any atom is 0.143 e. The first-order chi connectivity index (χ1) is 8.13. The van der Waals surface area contributed by atoms with Crippen molar-refractivity contribution >= 4 is 45.8 Å². The SMILES string of the molecule is Cc1cc2c(s1)C(N)=Nc1cc(Cl)ccc1N2. The van der Waals surface area contributed by atoms with Crippen LogP contribution < -0.4 is 11.1 Å². The van der Waals surface area contributed by atoms with Crippen LogP contribution in [0, 0.1) is 6.92 Å². The molecule has 3 nitrogen and oxygen atoms in total. The van der Waals surface area contributed by atoms with Gasteiger partial charge in [0.2, 0.25) is 0 Å². The molecule has 0 spiro atoms. The van der Waals surface area contributed by atoms with E-state index in [1.165, 1.54) is 4.88 Å². The van der Waals surface area contributed by atoms with Gasteiger partial charge in [0, 0.05) is 9.90 Å². The van der Waals surface area contributed by atoms with Crippen LogP contribution in [0.4, 0.5) is 17.1 Å².